The molecule has 10 rings (SSSR count). The number of hydrogen-bond donors (Lipinski definition) is 0. The molecule has 8 aromatic rings. The van der Waals surface area contributed by atoms with Crippen molar-refractivity contribution >= 4 is 55.3 Å². The maximum atomic E-state index is 6.30. The van der Waals surface area contributed by atoms with Crippen molar-refractivity contribution in [2.75, 3.05) is 4.90 Å². The molecule has 51 heavy (non-hydrogen) atoms. The Bertz CT molecular complexity index is 2730. The van der Waals surface area contributed by atoms with Gasteiger partial charge in [0.15, 0.2) is 5.58 Å². The summed E-state index contributed by atoms with van der Waals surface area (Å²) in [4.78, 5) is 7.46. The number of para-hydroxylation sites is 2. The monoisotopic (exact) mass is 656 g/mol. The second kappa shape index (κ2) is 11.4. The lowest BCUT2D eigenvalue weighted by Crippen LogP contribution is -2.14. The average molecular weight is 657 g/mol. The molecule has 244 valence electrons. The van der Waals surface area contributed by atoms with Crippen molar-refractivity contribution in [1.29, 1.82) is 0 Å². The Morgan fingerprint density at radius 2 is 1.33 bits per heavy atom. The molecule has 3 heteroatoms. The third kappa shape index (κ3) is 4.62. The molecule has 3 nitrogen and oxygen atoms in total. The molecule has 0 bridgehead atoms. The molecule has 0 radical (unpaired) electrons. The van der Waals surface area contributed by atoms with Crippen LogP contribution in [0.4, 0.5) is 17.1 Å². The maximum Gasteiger partial charge on any atom is 0.223 e. The summed E-state index contributed by atoms with van der Waals surface area (Å²) in [6, 6.07) is 50.9. The van der Waals surface area contributed by atoms with Crippen LogP contribution >= 0.6 is 0 Å². The van der Waals surface area contributed by atoms with Gasteiger partial charge in [-0.15, -0.1) is 0 Å². The molecule has 0 unspecified atom stereocenters. The summed E-state index contributed by atoms with van der Waals surface area (Å²) in [6.07, 6.45) is 8.37. The molecule has 0 fully saturated rings. The summed E-state index contributed by atoms with van der Waals surface area (Å²) < 4.78 is 6.30. The zero-order valence-corrected chi connectivity index (χ0v) is 28.7. The third-order valence-corrected chi connectivity index (χ3v) is 11.0. The summed E-state index contributed by atoms with van der Waals surface area (Å²) in [5, 5.41) is 4.63. The van der Waals surface area contributed by atoms with Gasteiger partial charge in [0.2, 0.25) is 5.89 Å². The van der Waals surface area contributed by atoms with Crippen LogP contribution in [-0.4, -0.2) is 4.98 Å². The first-order valence-corrected chi connectivity index (χ1v) is 17.9. The fourth-order valence-electron chi connectivity index (χ4n) is 8.45. The highest BCUT2D eigenvalue weighted by atomic mass is 16.3. The van der Waals surface area contributed by atoms with Crippen LogP contribution in [0.3, 0.4) is 0 Å². The van der Waals surface area contributed by atoms with Crippen molar-refractivity contribution in [3.63, 3.8) is 0 Å². The van der Waals surface area contributed by atoms with Crippen molar-refractivity contribution < 1.29 is 4.42 Å². The lowest BCUT2D eigenvalue weighted by atomic mass is 9.82. The normalized spacial score (nSPS) is 14.5. The number of benzene rings is 7. The highest BCUT2D eigenvalue weighted by Crippen LogP contribution is 2.51. The molecule has 2 aliphatic carbocycles. The molecular formula is C48H36N2O. The van der Waals surface area contributed by atoms with Gasteiger partial charge in [-0.05, 0) is 93.9 Å². The van der Waals surface area contributed by atoms with E-state index in [9.17, 15) is 0 Å². The molecule has 2 aliphatic rings. The van der Waals surface area contributed by atoms with E-state index in [1.165, 1.54) is 49.5 Å². The van der Waals surface area contributed by atoms with E-state index in [0.717, 1.165) is 57.9 Å². The van der Waals surface area contributed by atoms with Crippen molar-refractivity contribution in [1.82, 2.24) is 4.98 Å². The topological polar surface area (TPSA) is 29.3 Å². The predicted octanol–water partition coefficient (Wildman–Crippen LogP) is 13.3. The van der Waals surface area contributed by atoms with E-state index in [4.69, 9.17) is 9.40 Å². The number of fused-ring (bicyclic) bond motifs is 8. The van der Waals surface area contributed by atoms with Crippen LogP contribution in [0.25, 0.3) is 60.5 Å². The van der Waals surface area contributed by atoms with Crippen LogP contribution in [0.5, 0.6) is 0 Å². The van der Waals surface area contributed by atoms with Crippen LogP contribution < -0.4 is 4.90 Å². The highest BCUT2D eigenvalue weighted by molar-refractivity contribution is 6.18. The first-order valence-electron chi connectivity index (χ1n) is 17.9. The van der Waals surface area contributed by atoms with Crippen molar-refractivity contribution in [2.45, 2.75) is 32.1 Å². The van der Waals surface area contributed by atoms with Gasteiger partial charge in [0.25, 0.3) is 0 Å². The third-order valence-electron chi connectivity index (χ3n) is 11.0. The Morgan fingerprint density at radius 3 is 2.20 bits per heavy atom. The fourth-order valence-corrected chi connectivity index (χ4v) is 8.45. The number of anilines is 3. The van der Waals surface area contributed by atoms with Crippen LogP contribution in [-0.2, 0) is 5.41 Å². The van der Waals surface area contributed by atoms with E-state index < -0.39 is 0 Å². The number of rotatable bonds is 5. The van der Waals surface area contributed by atoms with Gasteiger partial charge in [0.1, 0.15) is 5.52 Å². The Hall–Kier alpha value is -6.19. The van der Waals surface area contributed by atoms with E-state index in [2.05, 4.69) is 177 Å². The first kappa shape index (κ1) is 29.7. The molecule has 7 aromatic carbocycles. The van der Waals surface area contributed by atoms with Crippen molar-refractivity contribution in [2.24, 2.45) is 0 Å². The largest absolute Gasteiger partial charge is 0.436 e. The molecule has 1 aromatic heterocycles. The van der Waals surface area contributed by atoms with Gasteiger partial charge < -0.3 is 9.32 Å². The molecule has 0 aliphatic heterocycles. The van der Waals surface area contributed by atoms with E-state index in [0.29, 0.717) is 0 Å². The standard InChI is InChI=1S/C48H36N2O/c1-48(2)41-21-11-9-19-37(41)40-30-32(24-28-42(40)48)34-18-10-12-22-43(34)50(33-16-7-4-8-17-33)44-23-13-20-35-36-27-29-45-46(39(36)26-25-38(35)44)49-47(51-45)31-14-5-3-6-15-31/h3-5,7-14,16-30H,6,15H2,1-2H3. The average Bonchev–Trinajstić information content (AvgIpc) is 3.73. The molecule has 0 spiro atoms. The van der Waals surface area contributed by atoms with Gasteiger partial charge >= 0.3 is 0 Å². The SMILES string of the molecule is CC1(C)c2ccccc2-c2cc(-c3ccccc3N(c3ccccc3)c3cccc4c3ccc3c4ccc4oc(C5=CC=CCC5)nc43)ccc21. The van der Waals surface area contributed by atoms with Gasteiger partial charge in [-0.25, -0.2) is 4.98 Å². The Morgan fingerprint density at radius 1 is 0.608 bits per heavy atom. The summed E-state index contributed by atoms with van der Waals surface area (Å²) in [5.74, 6) is 0.723. The van der Waals surface area contributed by atoms with E-state index in [-0.39, 0.29) is 5.41 Å². The highest BCUT2D eigenvalue weighted by Gasteiger charge is 2.35. The van der Waals surface area contributed by atoms with Crippen LogP contribution in [0.2, 0.25) is 0 Å². The minimum absolute atomic E-state index is 0.0323. The molecule has 0 saturated heterocycles. The molecule has 0 N–H and O–H groups in total. The summed E-state index contributed by atoms with van der Waals surface area (Å²) in [7, 11) is 0. The van der Waals surface area contributed by atoms with Gasteiger partial charge in [-0.1, -0.05) is 129 Å². The molecule has 0 amide bonds. The zero-order chi connectivity index (χ0) is 34.1. The van der Waals surface area contributed by atoms with Crippen LogP contribution in [0, 0.1) is 0 Å². The first-order chi connectivity index (χ1) is 25.1. The lowest BCUT2D eigenvalue weighted by Gasteiger charge is -2.29. The number of hydrogen-bond acceptors (Lipinski definition) is 3. The predicted molar refractivity (Wildman–Crippen MR) is 213 cm³/mol. The quantitative estimate of drug-likeness (QED) is 0.173. The fraction of sp³-hybridized carbons (Fsp3) is 0.104. The van der Waals surface area contributed by atoms with Gasteiger partial charge in [0.05, 0.1) is 11.4 Å². The smallest absolute Gasteiger partial charge is 0.223 e. The molecule has 0 saturated carbocycles. The van der Waals surface area contributed by atoms with E-state index >= 15 is 0 Å². The minimum atomic E-state index is -0.0323. The van der Waals surface area contributed by atoms with Gasteiger partial charge in [-0.2, -0.15) is 0 Å². The Labute approximate surface area is 297 Å². The Kier molecular flexibility index (Phi) is 6.66. The number of oxazole rings is 1. The van der Waals surface area contributed by atoms with E-state index in [1.807, 2.05) is 0 Å². The summed E-state index contributed by atoms with van der Waals surface area (Å²) >= 11 is 0. The van der Waals surface area contributed by atoms with E-state index in [1.54, 1.807) is 0 Å². The lowest BCUT2D eigenvalue weighted by molar-refractivity contribution is 0.580. The molecule has 1 heterocycles. The summed E-state index contributed by atoms with van der Waals surface area (Å²) in [5.41, 5.74) is 14.0. The zero-order valence-electron chi connectivity index (χ0n) is 28.7. The van der Waals surface area contributed by atoms with Crippen molar-refractivity contribution in [3.05, 3.63) is 175 Å². The van der Waals surface area contributed by atoms with Crippen LogP contribution in [0.15, 0.2) is 162 Å². The minimum Gasteiger partial charge on any atom is -0.436 e. The van der Waals surface area contributed by atoms with Gasteiger partial charge in [0, 0.05) is 33.0 Å². The molecule has 0 atom stereocenters. The maximum absolute atomic E-state index is 6.30. The van der Waals surface area contributed by atoms with Crippen LogP contribution in [0.1, 0.15) is 43.7 Å². The second-order valence-corrected chi connectivity index (χ2v) is 14.2. The number of aromatic nitrogens is 1. The second-order valence-electron chi connectivity index (χ2n) is 14.2. The van der Waals surface area contributed by atoms with Gasteiger partial charge in [-0.3, -0.25) is 0 Å². The number of nitrogens with zero attached hydrogens (tertiary/aromatic N) is 2. The molecular weight excluding hydrogens is 621 g/mol. The Balaban J connectivity index is 1.16. The number of allylic oxidation sites excluding steroid dienone is 4. The summed E-state index contributed by atoms with van der Waals surface area (Å²) in [6.45, 7) is 4.68. The van der Waals surface area contributed by atoms with Crippen molar-refractivity contribution in [3.8, 4) is 22.3 Å².